The van der Waals surface area contributed by atoms with Gasteiger partial charge in [-0.2, -0.15) is 0 Å². The number of rotatable bonds is 15. The van der Waals surface area contributed by atoms with Crippen molar-refractivity contribution in [1.82, 2.24) is 0 Å². The van der Waals surface area contributed by atoms with Gasteiger partial charge in [0, 0.05) is 29.5 Å². The quantitative estimate of drug-likeness (QED) is 0.187. The number of phenolic OH excluding ortho intramolecular Hbond substituents is 1. The van der Waals surface area contributed by atoms with Crippen molar-refractivity contribution in [2.24, 2.45) is 0 Å². The first-order valence-corrected chi connectivity index (χ1v) is 15.5. The average Bonchev–Trinajstić information content (AvgIpc) is 2.98. The van der Waals surface area contributed by atoms with E-state index in [1.54, 1.807) is 0 Å². The van der Waals surface area contributed by atoms with E-state index in [0.29, 0.717) is 18.6 Å². The van der Waals surface area contributed by atoms with Gasteiger partial charge in [-0.05, 0) is 92.6 Å². The lowest BCUT2D eigenvalue weighted by Crippen LogP contribution is -2.39. The first-order valence-electron chi connectivity index (χ1n) is 15.5. The lowest BCUT2D eigenvalue weighted by molar-refractivity contribution is -0.119. The molecule has 0 saturated heterocycles. The third-order valence-corrected chi connectivity index (χ3v) is 7.26. The summed E-state index contributed by atoms with van der Waals surface area (Å²) in [6.07, 6.45) is 9.90. The molecule has 3 aromatic rings. The second-order valence-corrected chi connectivity index (χ2v) is 10.5. The van der Waals surface area contributed by atoms with Crippen molar-refractivity contribution in [2.75, 3.05) is 10.2 Å². The van der Waals surface area contributed by atoms with Gasteiger partial charge in [0.05, 0.1) is 0 Å². The first kappa shape index (κ1) is 32.9. The van der Waals surface area contributed by atoms with Crippen LogP contribution in [0.15, 0.2) is 66.7 Å². The summed E-state index contributed by atoms with van der Waals surface area (Å²) in [6.45, 7) is 12.5. The third-order valence-electron chi connectivity index (χ3n) is 7.26. The summed E-state index contributed by atoms with van der Waals surface area (Å²) in [5.41, 5.74) is 6.00. The summed E-state index contributed by atoms with van der Waals surface area (Å²) < 4.78 is 0. The molecule has 4 nitrogen and oxygen atoms in total. The fourth-order valence-corrected chi connectivity index (χ4v) is 5.04. The molecule has 0 spiro atoms. The molecule has 0 radical (unpaired) electrons. The number of aromatic hydroxyl groups is 1. The van der Waals surface area contributed by atoms with E-state index < -0.39 is 0 Å². The minimum Gasteiger partial charge on any atom is -0.507 e. The number of phenols is 1. The standard InChI is InChI=1S/C34H46N2O2.C2H6/c1-5-7-9-11-14-27(4)36(32-21-19-31(20-22-32)35-30-16-12-10-13-17-30)33(37)23-18-28-24-26(3)34(38)29(25-28)15-8-6-2;1-2/h10,12-13,16-17,19-22,24-25,27,35,38H,5-9,11,14-15,18,23H2,1-4H3;1-2H3. The number of amides is 1. The molecule has 0 fully saturated rings. The van der Waals surface area contributed by atoms with Gasteiger partial charge in [-0.1, -0.05) is 90.1 Å². The molecule has 0 heterocycles. The molecule has 1 atom stereocenters. The Kier molecular flexibility index (Phi) is 14.9. The van der Waals surface area contributed by atoms with Crippen LogP contribution >= 0.6 is 0 Å². The average molecular weight is 545 g/mol. The van der Waals surface area contributed by atoms with Gasteiger partial charge in [0.15, 0.2) is 0 Å². The molecular weight excluding hydrogens is 492 g/mol. The van der Waals surface area contributed by atoms with E-state index in [1.807, 2.05) is 62.1 Å². The maximum absolute atomic E-state index is 13.7. The zero-order chi connectivity index (χ0) is 29.3. The summed E-state index contributed by atoms with van der Waals surface area (Å²) in [6, 6.07) is 22.6. The van der Waals surface area contributed by atoms with Crippen LogP contribution in [0.3, 0.4) is 0 Å². The van der Waals surface area contributed by atoms with Crippen molar-refractivity contribution < 1.29 is 9.90 Å². The summed E-state index contributed by atoms with van der Waals surface area (Å²) in [7, 11) is 0. The number of aryl methyl sites for hydroxylation is 3. The number of nitrogens with zero attached hydrogens (tertiary/aromatic N) is 1. The maximum Gasteiger partial charge on any atom is 0.227 e. The Morgan fingerprint density at radius 3 is 2.15 bits per heavy atom. The minimum atomic E-state index is 0.133. The number of carbonyl (C=O) groups excluding carboxylic acids is 1. The van der Waals surface area contributed by atoms with Crippen LogP contribution in [0, 0.1) is 6.92 Å². The molecule has 4 heteroatoms. The Balaban J connectivity index is 0.00000274. The normalized spacial score (nSPS) is 11.3. The van der Waals surface area contributed by atoms with E-state index in [-0.39, 0.29) is 11.9 Å². The largest absolute Gasteiger partial charge is 0.507 e. The molecule has 0 aliphatic carbocycles. The molecular formula is C36H52N2O2. The number of para-hydroxylation sites is 1. The fraction of sp³-hybridized carbons (Fsp3) is 0.472. The lowest BCUT2D eigenvalue weighted by atomic mass is 9.98. The predicted octanol–water partition coefficient (Wildman–Crippen LogP) is 10.1. The highest BCUT2D eigenvalue weighted by atomic mass is 16.3. The number of unbranched alkanes of at least 4 members (excludes halogenated alkanes) is 4. The summed E-state index contributed by atoms with van der Waals surface area (Å²) in [5, 5.41) is 13.9. The molecule has 3 rings (SSSR count). The van der Waals surface area contributed by atoms with Crippen LogP contribution in [-0.2, 0) is 17.6 Å². The van der Waals surface area contributed by atoms with Gasteiger partial charge >= 0.3 is 0 Å². The minimum absolute atomic E-state index is 0.133. The first-order chi connectivity index (χ1) is 19.4. The van der Waals surface area contributed by atoms with Gasteiger partial charge < -0.3 is 15.3 Å². The van der Waals surface area contributed by atoms with Gasteiger partial charge in [0.25, 0.3) is 0 Å². The molecule has 3 aromatic carbocycles. The van der Waals surface area contributed by atoms with Crippen LogP contribution in [0.4, 0.5) is 17.1 Å². The highest BCUT2D eigenvalue weighted by Gasteiger charge is 2.22. The van der Waals surface area contributed by atoms with E-state index in [0.717, 1.165) is 65.9 Å². The number of benzene rings is 3. The molecule has 40 heavy (non-hydrogen) atoms. The molecule has 2 N–H and O–H groups in total. The van der Waals surface area contributed by atoms with Gasteiger partial charge in [-0.15, -0.1) is 0 Å². The summed E-state index contributed by atoms with van der Waals surface area (Å²) >= 11 is 0. The Morgan fingerprint density at radius 2 is 1.50 bits per heavy atom. The zero-order valence-electron chi connectivity index (χ0n) is 25.8. The summed E-state index contributed by atoms with van der Waals surface area (Å²) in [5.74, 6) is 0.553. The smallest absolute Gasteiger partial charge is 0.227 e. The van der Waals surface area contributed by atoms with E-state index in [4.69, 9.17) is 0 Å². The van der Waals surface area contributed by atoms with Crippen LogP contribution in [0.2, 0.25) is 0 Å². The van der Waals surface area contributed by atoms with Crippen molar-refractivity contribution in [3.8, 4) is 5.75 Å². The third kappa shape index (κ3) is 10.4. The van der Waals surface area contributed by atoms with Crippen molar-refractivity contribution in [2.45, 2.75) is 112 Å². The molecule has 0 saturated carbocycles. The molecule has 218 valence electrons. The SMILES string of the molecule is CC.CCCCCCC(C)N(C(=O)CCc1cc(C)c(O)c(CCCC)c1)c1ccc(Nc2ccccc2)cc1. The van der Waals surface area contributed by atoms with Crippen LogP contribution in [0.25, 0.3) is 0 Å². The zero-order valence-corrected chi connectivity index (χ0v) is 25.8. The second-order valence-electron chi connectivity index (χ2n) is 10.5. The number of hydrogen-bond donors (Lipinski definition) is 2. The number of carbonyl (C=O) groups is 1. The van der Waals surface area contributed by atoms with E-state index in [1.165, 1.54) is 19.3 Å². The number of anilines is 3. The Labute approximate surface area is 243 Å². The Hall–Kier alpha value is -3.27. The molecule has 0 aromatic heterocycles. The topological polar surface area (TPSA) is 52.6 Å². The van der Waals surface area contributed by atoms with E-state index in [9.17, 15) is 9.90 Å². The molecule has 0 aliphatic heterocycles. The highest BCUT2D eigenvalue weighted by molar-refractivity contribution is 5.94. The molecule has 0 aliphatic rings. The summed E-state index contributed by atoms with van der Waals surface area (Å²) in [4.78, 5) is 15.7. The molecule has 1 unspecified atom stereocenters. The Bertz CT molecular complexity index is 1130. The molecule has 0 bridgehead atoms. The van der Waals surface area contributed by atoms with Gasteiger partial charge in [-0.25, -0.2) is 0 Å². The van der Waals surface area contributed by atoms with Crippen LogP contribution < -0.4 is 10.2 Å². The van der Waals surface area contributed by atoms with Crippen LogP contribution in [0.5, 0.6) is 5.75 Å². The monoisotopic (exact) mass is 544 g/mol. The highest BCUT2D eigenvalue weighted by Crippen LogP contribution is 2.28. The number of nitrogens with one attached hydrogen (secondary N) is 1. The molecule has 1 amide bonds. The Morgan fingerprint density at radius 1 is 0.850 bits per heavy atom. The van der Waals surface area contributed by atoms with Crippen molar-refractivity contribution in [3.05, 3.63) is 83.4 Å². The van der Waals surface area contributed by atoms with Crippen molar-refractivity contribution in [1.29, 1.82) is 0 Å². The number of hydrogen-bond acceptors (Lipinski definition) is 3. The van der Waals surface area contributed by atoms with Gasteiger partial charge in [0.2, 0.25) is 5.91 Å². The lowest BCUT2D eigenvalue weighted by Gasteiger charge is -2.30. The fourth-order valence-electron chi connectivity index (χ4n) is 5.04. The van der Waals surface area contributed by atoms with Crippen LogP contribution in [0.1, 0.15) is 103 Å². The van der Waals surface area contributed by atoms with Crippen LogP contribution in [-0.4, -0.2) is 17.1 Å². The van der Waals surface area contributed by atoms with Gasteiger partial charge in [-0.3, -0.25) is 4.79 Å². The van der Waals surface area contributed by atoms with E-state index in [2.05, 4.69) is 56.4 Å². The van der Waals surface area contributed by atoms with Gasteiger partial charge in [0.1, 0.15) is 5.75 Å². The predicted molar refractivity (Wildman–Crippen MR) is 173 cm³/mol. The van der Waals surface area contributed by atoms with E-state index >= 15 is 0 Å². The van der Waals surface area contributed by atoms with Crippen molar-refractivity contribution in [3.63, 3.8) is 0 Å². The maximum atomic E-state index is 13.7. The van der Waals surface area contributed by atoms with Crippen molar-refractivity contribution >= 4 is 23.0 Å². The second kappa shape index (κ2) is 18.1.